The molecule has 0 saturated carbocycles. The number of aromatic amines is 1. The predicted octanol–water partition coefficient (Wildman–Crippen LogP) is 3.78. The van der Waals surface area contributed by atoms with Gasteiger partial charge in [-0.2, -0.15) is 5.21 Å². The van der Waals surface area contributed by atoms with E-state index in [2.05, 4.69) is 25.9 Å². The Kier molecular flexibility index (Phi) is 8.29. The smallest absolute Gasteiger partial charge is 0.252 e. The van der Waals surface area contributed by atoms with Crippen molar-refractivity contribution in [2.75, 3.05) is 26.1 Å². The summed E-state index contributed by atoms with van der Waals surface area (Å²) < 4.78 is 12.1. The molecule has 11 nitrogen and oxygen atoms in total. The largest absolute Gasteiger partial charge is 0.495 e. The Bertz CT molecular complexity index is 1500. The SMILES string of the molecule is COCC[C@@H](C(=O)Nc1ccc(-c2nn[nH]n2)cc1)n1cc(OC)c(-c2cc(Cl)ccc2C(C)=O)cc1=O. The zero-order valence-electron chi connectivity index (χ0n) is 20.9. The number of rotatable bonds is 10. The monoisotopic (exact) mass is 536 g/mol. The maximum absolute atomic E-state index is 13.4. The van der Waals surface area contributed by atoms with Gasteiger partial charge in [0.2, 0.25) is 11.7 Å². The molecule has 0 spiro atoms. The van der Waals surface area contributed by atoms with Gasteiger partial charge in [0.1, 0.15) is 11.8 Å². The van der Waals surface area contributed by atoms with Gasteiger partial charge in [0.25, 0.3) is 5.56 Å². The highest BCUT2D eigenvalue weighted by Crippen LogP contribution is 2.34. The van der Waals surface area contributed by atoms with Crippen LogP contribution in [0.1, 0.15) is 29.7 Å². The van der Waals surface area contributed by atoms with Gasteiger partial charge < -0.3 is 14.8 Å². The molecule has 38 heavy (non-hydrogen) atoms. The summed E-state index contributed by atoms with van der Waals surface area (Å²) in [5.74, 6) is 0.116. The van der Waals surface area contributed by atoms with Gasteiger partial charge in [-0.1, -0.05) is 11.6 Å². The maximum atomic E-state index is 13.4. The van der Waals surface area contributed by atoms with Gasteiger partial charge in [0, 0.05) is 53.6 Å². The molecule has 196 valence electrons. The Morgan fingerprint density at radius 1 is 1.11 bits per heavy atom. The number of tetrazole rings is 1. The highest BCUT2D eigenvalue weighted by Gasteiger charge is 2.24. The number of hydrogen-bond acceptors (Lipinski definition) is 8. The quantitative estimate of drug-likeness (QED) is 0.292. The number of amides is 1. The lowest BCUT2D eigenvalue weighted by atomic mass is 9.97. The number of Topliss-reactive ketones (excluding diaryl/α,β-unsaturated/α-hetero) is 1. The summed E-state index contributed by atoms with van der Waals surface area (Å²) in [6.07, 6.45) is 1.68. The molecule has 0 saturated heterocycles. The van der Waals surface area contributed by atoms with Gasteiger partial charge in [0.05, 0.1) is 13.3 Å². The summed E-state index contributed by atoms with van der Waals surface area (Å²) in [6, 6.07) is 12.1. The second kappa shape index (κ2) is 11.8. The fourth-order valence-electron chi connectivity index (χ4n) is 4.03. The van der Waals surface area contributed by atoms with Crippen molar-refractivity contribution in [1.82, 2.24) is 25.2 Å². The van der Waals surface area contributed by atoms with Crippen molar-refractivity contribution in [3.05, 3.63) is 75.7 Å². The van der Waals surface area contributed by atoms with E-state index in [1.165, 1.54) is 38.0 Å². The van der Waals surface area contributed by atoms with Crippen molar-refractivity contribution >= 4 is 29.0 Å². The molecule has 2 aromatic carbocycles. The van der Waals surface area contributed by atoms with Gasteiger partial charge in [0.15, 0.2) is 5.78 Å². The van der Waals surface area contributed by atoms with E-state index in [0.29, 0.717) is 39.0 Å². The fourth-order valence-corrected chi connectivity index (χ4v) is 4.20. The van der Waals surface area contributed by atoms with Crippen LogP contribution in [-0.4, -0.2) is 57.7 Å². The van der Waals surface area contributed by atoms with Crippen LogP contribution in [0.2, 0.25) is 5.02 Å². The molecule has 1 atom stereocenters. The van der Waals surface area contributed by atoms with Crippen molar-refractivity contribution in [2.24, 2.45) is 0 Å². The van der Waals surface area contributed by atoms with E-state index in [1.807, 2.05) is 0 Å². The number of carbonyl (C=O) groups is 2. The topological polar surface area (TPSA) is 141 Å². The molecule has 4 aromatic rings. The Morgan fingerprint density at radius 2 is 1.87 bits per heavy atom. The molecule has 1 amide bonds. The lowest BCUT2D eigenvalue weighted by Gasteiger charge is -2.21. The molecular formula is C26H25ClN6O5. The number of pyridine rings is 1. The van der Waals surface area contributed by atoms with Gasteiger partial charge in [-0.3, -0.25) is 19.0 Å². The molecule has 0 aliphatic carbocycles. The number of aromatic nitrogens is 5. The Labute approximate surface area is 222 Å². The molecule has 0 unspecified atom stereocenters. The summed E-state index contributed by atoms with van der Waals surface area (Å²) in [6.45, 7) is 1.66. The van der Waals surface area contributed by atoms with Crippen LogP contribution in [0.15, 0.2) is 59.5 Å². The second-order valence-corrected chi connectivity index (χ2v) is 8.78. The van der Waals surface area contributed by atoms with Gasteiger partial charge in [-0.05, 0) is 60.2 Å². The lowest BCUT2D eigenvalue weighted by Crippen LogP contribution is -2.34. The summed E-state index contributed by atoms with van der Waals surface area (Å²) in [5, 5.41) is 17.0. The summed E-state index contributed by atoms with van der Waals surface area (Å²) in [5.41, 5.74) is 2.03. The molecular weight excluding hydrogens is 512 g/mol. The van der Waals surface area contributed by atoms with Crippen LogP contribution < -0.4 is 15.6 Å². The molecule has 0 radical (unpaired) electrons. The number of ketones is 1. The first-order chi connectivity index (χ1) is 18.3. The van der Waals surface area contributed by atoms with E-state index in [9.17, 15) is 14.4 Å². The van der Waals surface area contributed by atoms with Crippen molar-refractivity contribution < 1.29 is 19.1 Å². The third-order valence-electron chi connectivity index (χ3n) is 5.90. The average molecular weight is 537 g/mol. The first-order valence-electron chi connectivity index (χ1n) is 11.6. The van der Waals surface area contributed by atoms with Crippen LogP contribution in [0.4, 0.5) is 5.69 Å². The number of H-pyrrole nitrogens is 1. The van der Waals surface area contributed by atoms with E-state index in [-0.39, 0.29) is 18.8 Å². The first kappa shape index (κ1) is 26.7. The number of hydrogen-bond donors (Lipinski definition) is 2. The van der Waals surface area contributed by atoms with Gasteiger partial charge in [-0.15, -0.1) is 10.2 Å². The molecule has 0 aliphatic rings. The normalized spacial score (nSPS) is 11.7. The third kappa shape index (κ3) is 5.79. The number of carbonyl (C=O) groups excluding carboxylic acids is 2. The number of ether oxygens (including phenoxy) is 2. The number of nitrogens with one attached hydrogen (secondary N) is 2. The van der Waals surface area contributed by atoms with Crippen LogP contribution in [0.25, 0.3) is 22.5 Å². The molecule has 0 aliphatic heterocycles. The number of halogens is 1. The van der Waals surface area contributed by atoms with Crippen LogP contribution in [0.3, 0.4) is 0 Å². The minimum atomic E-state index is -0.908. The average Bonchev–Trinajstić information content (AvgIpc) is 3.45. The first-order valence-corrected chi connectivity index (χ1v) is 11.9. The van der Waals surface area contributed by atoms with Crippen molar-refractivity contribution in [3.8, 4) is 28.3 Å². The molecule has 0 bridgehead atoms. The minimum absolute atomic E-state index is 0.189. The Morgan fingerprint density at radius 3 is 2.50 bits per heavy atom. The van der Waals surface area contributed by atoms with E-state index >= 15 is 0 Å². The molecule has 2 heterocycles. The highest BCUT2D eigenvalue weighted by atomic mass is 35.5. The number of anilines is 1. The standard InChI is InChI=1S/C26H25ClN6O5/c1-15(34)19-9-6-17(27)12-20(19)21-13-24(35)33(14-23(21)38-3)22(10-11-37-2)26(36)28-18-7-4-16(5-8-18)25-29-31-32-30-25/h4-9,12-14,22H,10-11H2,1-3H3,(H,28,36)(H,29,30,31,32)/t22-/m0/s1. The molecule has 2 N–H and O–H groups in total. The van der Waals surface area contributed by atoms with E-state index in [1.54, 1.807) is 42.5 Å². The summed E-state index contributed by atoms with van der Waals surface area (Å²) in [7, 11) is 2.96. The molecule has 2 aromatic heterocycles. The van der Waals surface area contributed by atoms with Gasteiger partial charge in [-0.25, -0.2) is 0 Å². The zero-order valence-corrected chi connectivity index (χ0v) is 21.7. The number of benzene rings is 2. The molecule has 12 heteroatoms. The molecule has 0 fully saturated rings. The second-order valence-electron chi connectivity index (χ2n) is 8.35. The maximum Gasteiger partial charge on any atom is 0.252 e. The minimum Gasteiger partial charge on any atom is -0.495 e. The van der Waals surface area contributed by atoms with Crippen molar-refractivity contribution in [2.45, 2.75) is 19.4 Å². The molecule has 4 rings (SSSR count). The van der Waals surface area contributed by atoms with E-state index in [0.717, 1.165) is 5.56 Å². The van der Waals surface area contributed by atoms with E-state index in [4.69, 9.17) is 21.1 Å². The van der Waals surface area contributed by atoms with Gasteiger partial charge >= 0.3 is 0 Å². The van der Waals surface area contributed by atoms with Crippen molar-refractivity contribution in [3.63, 3.8) is 0 Å². The Hall–Kier alpha value is -4.35. The Balaban J connectivity index is 1.69. The zero-order chi connectivity index (χ0) is 27.2. The van der Waals surface area contributed by atoms with Crippen LogP contribution >= 0.6 is 11.6 Å². The summed E-state index contributed by atoms with van der Waals surface area (Å²) in [4.78, 5) is 38.9. The number of nitrogens with zero attached hydrogens (tertiary/aromatic N) is 4. The summed E-state index contributed by atoms with van der Waals surface area (Å²) >= 11 is 6.19. The van der Waals surface area contributed by atoms with Crippen molar-refractivity contribution in [1.29, 1.82) is 0 Å². The predicted molar refractivity (Wildman–Crippen MR) is 141 cm³/mol. The van der Waals surface area contributed by atoms with Crippen LogP contribution in [-0.2, 0) is 9.53 Å². The van der Waals surface area contributed by atoms with Crippen LogP contribution in [0.5, 0.6) is 5.75 Å². The fraction of sp³-hybridized carbons (Fsp3) is 0.231. The number of methoxy groups -OCH3 is 2. The highest BCUT2D eigenvalue weighted by molar-refractivity contribution is 6.31. The van der Waals surface area contributed by atoms with Crippen LogP contribution in [0, 0.1) is 0 Å². The third-order valence-corrected chi connectivity index (χ3v) is 6.14. The van der Waals surface area contributed by atoms with E-state index < -0.39 is 17.5 Å². The lowest BCUT2D eigenvalue weighted by molar-refractivity contribution is -0.119.